The van der Waals surface area contributed by atoms with Gasteiger partial charge in [0.2, 0.25) is 0 Å². The zero-order valence-corrected chi connectivity index (χ0v) is 10.1. The summed E-state index contributed by atoms with van der Waals surface area (Å²) < 4.78 is 13.6. The lowest BCUT2D eigenvalue weighted by Crippen LogP contribution is -1.94. The van der Waals surface area contributed by atoms with Gasteiger partial charge in [0.15, 0.2) is 0 Å². The van der Waals surface area contributed by atoms with Crippen molar-refractivity contribution in [3.8, 4) is 10.6 Å². The van der Waals surface area contributed by atoms with E-state index < -0.39 is 0 Å². The fraction of sp³-hybridized carbons (Fsp3) is 0.250. The Hall–Kier alpha value is -1.26. The van der Waals surface area contributed by atoms with Gasteiger partial charge in [-0.3, -0.25) is 0 Å². The van der Waals surface area contributed by atoms with E-state index in [9.17, 15) is 4.39 Å². The smallest absolute Gasteiger partial charge is 0.133 e. The van der Waals surface area contributed by atoms with Crippen LogP contribution in [0, 0.1) is 19.7 Å². The summed E-state index contributed by atoms with van der Waals surface area (Å²) in [6.45, 7) is 4.29. The number of aromatic nitrogens is 1. The first-order valence-corrected chi connectivity index (χ1v) is 5.86. The van der Waals surface area contributed by atoms with Crippen LogP contribution in [-0.4, -0.2) is 4.98 Å². The van der Waals surface area contributed by atoms with Gasteiger partial charge in [-0.15, -0.1) is 11.3 Å². The second kappa shape index (κ2) is 4.31. The maximum Gasteiger partial charge on any atom is 0.133 e. The van der Waals surface area contributed by atoms with Crippen molar-refractivity contribution in [2.75, 3.05) is 0 Å². The van der Waals surface area contributed by atoms with Crippen molar-refractivity contribution < 1.29 is 4.39 Å². The molecule has 84 valence electrons. The number of nitrogens with two attached hydrogens (primary N) is 1. The van der Waals surface area contributed by atoms with Gasteiger partial charge in [-0.25, -0.2) is 9.37 Å². The molecule has 0 saturated heterocycles. The van der Waals surface area contributed by atoms with Gasteiger partial charge < -0.3 is 5.73 Å². The van der Waals surface area contributed by atoms with E-state index in [-0.39, 0.29) is 5.82 Å². The second-order valence-corrected chi connectivity index (χ2v) is 4.80. The molecule has 2 nitrogen and oxygen atoms in total. The van der Waals surface area contributed by atoms with Crippen molar-refractivity contribution in [1.82, 2.24) is 4.98 Å². The van der Waals surface area contributed by atoms with Crippen LogP contribution >= 0.6 is 11.3 Å². The molecule has 0 aliphatic rings. The molecule has 0 amide bonds. The van der Waals surface area contributed by atoms with E-state index >= 15 is 0 Å². The lowest BCUT2D eigenvalue weighted by Gasteiger charge is -2.00. The van der Waals surface area contributed by atoms with Crippen molar-refractivity contribution >= 4 is 11.3 Å². The zero-order valence-electron chi connectivity index (χ0n) is 9.25. The number of aryl methyl sites for hydroxylation is 2. The van der Waals surface area contributed by atoms with Gasteiger partial charge in [0, 0.05) is 17.0 Å². The lowest BCUT2D eigenvalue weighted by atomic mass is 10.1. The quantitative estimate of drug-likeness (QED) is 0.870. The molecule has 0 unspecified atom stereocenters. The van der Waals surface area contributed by atoms with Gasteiger partial charge in [-0.1, -0.05) is 11.6 Å². The SMILES string of the molecule is Cc1ccc(F)c(-c2nc(C)c(CN)s2)c1. The average Bonchev–Trinajstić information content (AvgIpc) is 2.63. The average molecular weight is 236 g/mol. The molecule has 0 aliphatic heterocycles. The van der Waals surface area contributed by atoms with Crippen molar-refractivity contribution in [2.24, 2.45) is 5.73 Å². The van der Waals surface area contributed by atoms with Gasteiger partial charge in [0.05, 0.1) is 5.69 Å². The number of benzene rings is 1. The standard InChI is InChI=1S/C12H13FN2S/c1-7-3-4-10(13)9(5-7)12-15-8(2)11(6-14)16-12/h3-5H,6,14H2,1-2H3. The molecule has 1 aromatic heterocycles. The maximum atomic E-state index is 13.6. The molecule has 2 aromatic rings. The molecule has 0 aliphatic carbocycles. The first kappa shape index (κ1) is 11.2. The molecule has 1 aromatic carbocycles. The summed E-state index contributed by atoms with van der Waals surface area (Å²) in [7, 11) is 0. The van der Waals surface area contributed by atoms with E-state index in [0.29, 0.717) is 17.1 Å². The Morgan fingerprint density at radius 2 is 2.12 bits per heavy atom. The zero-order chi connectivity index (χ0) is 11.7. The number of halogens is 1. The molecule has 1 heterocycles. The van der Waals surface area contributed by atoms with Gasteiger partial charge >= 0.3 is 0 Å². The molecule has 2 rings (SSSR count). The Morgan fingerprint density at radius 3 is 2.75 bits per heavy atom. The monoisotopic (exact) mass is 236 g/mol. The van der Waals surface area contributed by atoms with Crippen LogP contribution in [-0.2, 0) is 6.54 Å². The Labute approximate surface area is 97.9 Å². The first-order valence-electron chi connectivity index (χ1n) is 5.04. The van der Waals surface area contributed by atoms with Gasteiger partial charge in [0.25, 0.3) is 0 Å². The number of thiazole rings is 1. The summed E-state index contributed by atoms with van der Waals surface area (Å²) >= 11 is 1.46. The third kappa shape index (κ3) is 1.99. The fourth-order valence-electron chi connectivity index (χ4n) is 1.54. The van der Waals surface area contributed by atoms with Crippen LogP contribution in [0.5, 0.6) is 0 Å². The summed E-state index contributed by atoms with van der Waals surface area (Å²) in [5.41, 5.74) is 8.07. The minimum atomic E-state index is -0.233. The van der Waals surface area contributed by atoms with E-state index in [1.165, 1.54) is 17.4 Å². The van der Waals surface area contributed by atoms with Gasteiger partial charge in [-0.05, 0) is 26.0 Å². The molecular formula is C12H13FN2S. The largest absolute Gasteiger partial charge is 0.326 e. The van der Waals surface area contributed by atoms with Crippen LogP contribution in [0.4, 0.5) is 4.39 Å². The van der Waals surface area contributed by atoms with Crippen LogP contribution in [0.1, 0.15) is 16.1 Å². The molecule has 0 bridgehead atoms. The van der Waals surface area contributed by atoms with Crippen LogP contribution in [0.3, 0.4) is 0 Å². The van der Waals surface area contributed by atoms with Crippen molar-refractivity contribution in [3.63, 3.8) is 0 Å². The highest BCUT2D eigenvalue weighted by molar-refractivity contribution is 7.15. The van der Waals surface area contributed by atoms with Gasteiger partial charge in [-0.2, -0.15) is 0 Å². The van der Waals surface area contributed by atoms with Crippen LogP contribution in [0.2, 0.25) is 0 Å². The number of hydrogen-bond acceptors (Lipinski definition) is 3. The Balaban J connectivity index is 2.53. The molecule has 0 fully saturated rings. The highest BCUT2D eigenvalue weighted by Crippen LogP contribution is 2.30. The minimum absolute atomic E-state index is 0.233. The third-order valence-corrected chi connectivity index (χ3v) is 3.64. The highest BCUT2D eigenvalue weighted by Gasteiger charge is 2.12. The van der Waals surface area contributed by atoms with Crippen molar-refractivity contribution in [1.29, 1.82) is 0 Å². The second-order valence-electron chi connectivity index (χ2n) is 3.72. The van der Waals surface area contributed by atoms with Crippen LogP contribution in [0.15, 0.2) is 18.2 Å². The van der Waals surface area contributed by atoms with Crippen molar-refractivity contribution in [2.45, 2.75) is 20.4 Å². The number of hydrogen-bond donors (Lipinski definition) is 1. The fourth-order valence-corrected chi connectivity index (χ4v) is 2.49. The lowest BCUT2D eigenvalue weighted by molar-refractivity contribution is 0.631. The maximum absolute atomic E-state index is 13.6. The molecule has 2 N–H and O–H groups in total. The summed E-state index contributed by atoms with van der Waals surface area (Å²) in [5, 5.41) is 0.708. The molecule has 4 heteroatoms. The summed E-state index contributed by atoms with van der Waals surface area (Å²) in [5.74, 6) is -0.233. The Morgan fingerprint density at radius 1 is 1.38 bits per heavy atom. The van der Waals surface area contributed by atoms with E-state index in [2.05, 4.69) is 4.98 Å². The van der Waals surface area contributed by atoms with E-state index in [4.69, 9.17) is 5.73 Å². The molecule has 16 heavy (non-hydrogen) atoms. The molecule has 0 radical (unpaired) electrons. The normalized spacial score (nSPS) is 10.8. The molecule has 0 spiro atoms. The van der Waals surface area contributed by atoms with Crippen LogP contribution < -0.4 is 5.73 Å². The third-order valence-electron chi connectivity index (χ3n) is 2.43. The Kier molecular flexibility index (Phi) is 3.03. The summed E-state index contributed by atoms with van der Waals surface area (Å²) in [4.78, 5) is 5.36. The summed E-state index contributed by atoms with van der Waals surface area (Å²) in [6.07, 6.45) is 0. The predicted octanol–water partition coefficient (Wildman–Crippen LogP) is 3.02. The molecule has 0 saturated carbocycles. The van der Waals surface area contributed by atoms with Crippen LogP contribution in [0.25, 0.3) is 10.6 Å². The topological polar surface area (TPSA) is 38.9 Å². The summed E-state index contributed by atoms with van der Waals surface area (Å²) in [6, 6.07) is 5.04. The van der Waals surface area contributed by atoms with Crippen molar-refractivity contribution in [3.05, 3.63) is 40.2 Å². The van der Waals surface area contributed by atoms with Gasteiger partial charge in [0.1, 0.15) is 10.8 Å². The van der Waals surface area contributed by atoms with E-state index in [1.807, 2.05) is 19.9 Å². The predicted molar refractivity (Wildman–Crippen MR) is 64.9 cm³/mol. The highest BCUT2D eigenvalue weighted by atomic mass is 32.1. The van der Waals surface area contributed by atoms with E-state index in [0.717, 1.165) is 16.1 Å². The molecule has 0 atom stereocenters. The molecular weight excluding hydrogens is 223 g/mol. The number of nitrogens with zero attached hydrogens (tertiary/aromatic N) is 1. The minimum Gasteiger partial charge on any atom is -0.326 e. The first-order chi connectivity index (χ1) is 7.61. The number of rotatable bonds is 2. The Bertz CT molecular complexity index is 520. The van der Waals surface area contributed by atoms with E-state index in [1.54, 1.807) is 6.07 Å².